The van der Waals surface area contributed by atoms with Gasteiger partial charge in [-0.1, -0.05) is 27.7 Å². The summed E-state index contributed by atoms with van der Waals surface area (Å²) in [5.41, 5.74) is 0.595. The van der Waals surface area contributed by atoms with Gasteiger partial charge < -0.3 is 0 Å². The monoisotopic (exact) mass is 316 g/mol. The summed E-state index contributed by atoms with van der Waals surface area (Å²) in [5, 5.41) is 0. The number of rotatable bonds is 0. The SMILES string of the molecule is CC12CCC(=O)C[C@]1(C)CCC1C2CCC2(C)C(=O)CC[C@]12C. The molecule has 0 aromatic heterocycles. The lowest BCUT2D eigenvalue weighted by atomic mass is 9.38. The number of Topliss-reactive ketones (excluding diaryl/α,β-unsaturated/α-hetero) is 2. The van der Waals surface area contributed by atoms with E-state index in [-0.39, 0.29) is 16.2 Å². The van der Waals surface area contributed by atoms with Crippen LogP contribution >= 0.6 is 0 Å². The molecular weight excluding hydrogens is 284 g/mol. The lowest BCUT2D eigenvalue weighted by molar-refractivity contribution is -0.182. The molecule has 0 aromatic rings. The van der Waals surface area contributed by atoms with Crippen LogP contribution in [0.3, 0.4) is 0 Å². The van der Waals surface area contributed by atoms with Crippen molar-refractivity contribution < 1.29 is 9.59 Å². The number of hydrogen-bond donors (Lipinski definition) is 0. The van der Waals surface area contributed by atoms with E-state index in [1.807, 2.05) is 0 Å². The van der Waals surface area contributed by atoms with E-state index >= 15 is 0 Å². The van der Waals surface area contributed by atoms with Crippen LogP contribution in [0, 0.1) is 33.5 Å². The molecule has 2 nitrogen and oxygen atoms in total. The molecule has 0 heterocycles. The van der Waals surface area contributed by atoms with Gasteiger partial charge in [-0.3, -0.25) is 9.59 Å². The summed E-state index contributed by atoms with van der Waals surface area (Å²) in [7, 11) is 0. The van der Waals surface area contributed by atoms with E-state index < -0.39 is 0 Å². The van der Waals surface area contributed by atoms with Crippen molar-refractivity contribution in [1.82, 2.24) is 0 Å². The molecule has 0 N–H and O–H groups in total. The van der Waals surface area contributed by atoms with Crippen LogP contribution in [-0.4, -0.2) is 11.6 Å². The first-order valence-electron chi connectivity index (χ1n) is 9.71. The van der Waals surface area contributed by atoms with Crippen molar-refractivity contribution >= 4 is 11.6 Å². The van der Waals surface area contributed by atoms with Gasteiger partial charge >= 0.3 is 0 Å². The minimum absolute atomic E-state index is 0.0806. The second-order valence-corrected chi connectivity index (χ2v) is 10.2. The number of hydrogen-bond acceptors (Lipinski definition) is 2. The van der Waals surface area contributed by atoms with E-state index in [0.717, 1.165) is 38.5 Å². The van der Waals surface area contributed by atoms with Gasteiger partial charge in [0.05, 0.1) is 0 Å². The van der Waals surface area contributed by atoms with E-state index in [2.05, 4.69) is 27.7 Å². The third-order valence-corrected chi connectivity index (χ3v) is 9.72. The Balaban J connectivity index is 1.75. The molecule has 4 aliphatic rings. The normalized spacial score (nSPS) is 56.0. The molecule has 0 radical (unpaired) electrons. The smallest absolute Gasteiger partial charge is 0.139 e. The minimum Gasteiger partial charge on any atom is -0.300 e. The molecule has 0 spiro atoms. The van der Waals surface area contributed by atoms with Crippen molar-refractivity contribution in [3.63, 3.8) is 0 Å². The summed E-state index contributed by atoms with van der Waals surface area (Å²) in [5.74, 6) is 2.39. The van der Waals surface area contributed by atoms with Gasteiger partial charge in [0.2, 0.25) is 0 Å². The van der Waals surface area contributed by atoms with Crippen LogP contribution in [-0.2, 0) is 9.59 Å². The van der Waals surface area contributed by atoms with Crippen molar-refractivity contribution in [2.24, 2.45) is 33.5 Å². The summed E-state index contributed by atoms with van der Waals surface area (Å²) in [6.07, 6.45) is 9.20. The fraction of sp³-hybridized carbons (Fsp3) is 0.905. The van der Waals surface area contributed by atoms with Crippen molar-refractivity contribution in [3.8, 4) is 0 Å². The van der Waals surface area contributed by atoms with Crippen molar-refractivity contribution in [2.75, 3.05) is 0 Å². The average Bonchev–Trinajstić information content (AvgIpc) is 2.73. The fourth-order valence-electron chi connectivity index (χ4n) is 7.54. The third-order valence-electron chi connectivity index (χ3n) is 9.72. The first kappa shape index (κ1) is 15.8. The lowest BCUT2D eigenvalue weighted by Gasteiger charge is -2.66. The van der Waals surface area contributed by atoms with Crippen molar-refractivity contribution in [3.05, 3.63) is 0 Å². The van der Waals surface area contributed by atoms with E-state index in [0.29, 0.717) is 28.8 Å². The second kappa shape index (κ2) is 4.49. The minimum atomic E-state index is -0.0806. The molecule has 2 heteroatoms. The predicted molar refractivity (Wildman–Crippen MR) is 91.0 cm³/mol. The van der Waals surface area contributed by atoms with E-state index in [4.69, 9.17) is 0 Å². The van der Waals surface area contributed by atoms with Crippen LogP contribution < -0.4 is 0 Å². The topological polar surface area (TPSA) is 34.1 Å². The lowest BCUT2D eigenvalue weighted by Crippen LogP contribution is -2.60. The van der Waals surface area contributed by atoms with E-state index in [1.54, 1.807) is 0 Å². The highest BCUT2D eigenvalue weighted by atomic mass is 16.1. The van der Waals surface area contributed by atoms with E-state index in [9.17, 15) is 9.59 Å². The highest BCUT2D eigenvalue weighted by Crippen LogP contribution is 2.72. The average molecular weight is 316 g/mol. The van der Waals surface area contributed by atoms with Crippen molar-refractivity contribution in [1.29, 1.82) is 0 Å². The number of fused-ring (bicyclic) bond motifs is 5. The fourth-order valence-corrected chi connectivity index (χ4v) is 7.54. The van der Waals surface area contributed by atoms with Crippen LogP contribution in [0.2, 0.25) is 0 Å². The largest absolute Gasteiger partial charge is 0.300 e. The molecule has 4 aliphatic carbocycles. The highest BCUT2D eigenvalue weighted by molar-refractivity contribution is 5.88. The first-order chi connectivity index (χ1) is 10.7. The van der Waals surface area contributed by atoms with Crippen LogP contribution in [0.25, 0.3) is 0 Å². The van der Waals surface area contributed by atoms with Crippen LogP contribution in [0.1, 0.15) is 85.5 Å². The molecule has 4 fully saturated rings. The molecule has 0 bridgehead atoms. The van der Waals surface area contributed by atoms with Gasteiger partial charge in [-0.2, -0.15) is 0 Å². The van der Waals surface area contributed by atoms with Gasteiger partial charge in [0, 0.05) is 24.7 Å². The van der Waals surface area contributed by atoms with Gasteiger partial charge in [-0.15, -0.1) is 0 Å². The Morgan fingerprint density at radius 3 is 2.13 bits per heavy atom. The molecule has 128 valence electrons. The van der Waals surface area contributed by atoms with Gasteiger partial charge in [0.25, 0.3) is 0 Å². The predicted octanol–water partition coefficient (Wildman–Crippen LogP) is 4.95. The third kappa shape index (κ3) is 1.71. The zero-order chi connectivity index (χ0) is 16.7. The van der Waals surface area contributed by atoms with Crippen LogP contribution in [0.15, 0.2) is 0 Å². The summed E-state index contributed by atoms with van der Waals surface area (Å²) in [6, 6.07) is 0. The molecule has 4 rings (SSSR count). The molecule has 23 heavy (non-hydrogen) atoms. The molecule has 4 saturated carbocycles. The number of carbonyl (C=O) groups is 2. The molecule has 4 unspecified atom stereocenters. The van der Waals surface area contributed by atoms with Gasteiger partial charge in [0.15, 0.2) is 0 Å². The quantitative estimate of drug-likeness (QED) is 0.634. The maximum Gasteiger partial charge on any atom is 0.139 e. The summed E-state index contributed by atoms with van der Waals surface area (Å²) in [6.45, 7) is 9.56. The summed E-state index contributed by atoms with van der Waals surface area (Å²) in [4.78, 5) is 24.8. The molecule has 0 amide bonds. The maximum absolute atomic E-state index is 12.6. The zero-order valence-corrected chi connectivity index (χ0v) is 15.3. The Kier molecular flexibility index (Phi) is 3.09. The number of carbonyl (C=O) groups excluding carboxylic acids is 2. The Morgan fingerprint density at radius 1 is 0.783 bits per heavy atom. The standard InChI is InChI=1S/C21H32O2/c1-18-9-6-16-15(19(18,2)10-5-14(22)13-18)7-11-21(4)17(23)8-12-20(16,21)3/h15-16H,5-13H2,1-4H3/t15?,16?,18-,19?,20+,21?/m0/s1. The highest BCUT2D eigenvalue weighted by Gasteiger charge is 2.67. The second-order valence-electron chi connectivity index (χ2n) is 10.2. The van der Waals surface area contributed by atoms with Gasteiger partial charge in [-0.05, 0) is 66.6 Å². The Labute approximate surface area is 140 Å². The molecule has 0 aromatic carbocycles. The maximum atomic E-state index is 12.6. The van der Waals surface area contributed by atoms with Gasteiger partial charge in [0.1, 0.15) is 11.6 Å². The number of ketones is 2. The Bertz CT molecular complexity index is 580. The molecular formula is C21H32O2. The van der Waals surface area contributed by atoms with E-state index in [1.165, 1.54) is 19.3 Å². The summed E-state index contributed by atoms with van der Waals surface area (Å²) >= 11 is 0. The van der Waals surface area contributed by atoms with Crippen LogP contribution in [0.5, 0.6) is 0 Å². The van der Waals surface area contributed by atoms with Crippen LogP contribution in [0.4, 0.5) is 0 Å². The Hall–Kier alpha value is -0.660. The first-order valence-corrected chi connectivity index (χ1v) is 9.71. The Morgan fingerprint density at radius 2 is 1.39 bits per heavy atom. The van der Waals surface area contributed by atoms with Gasteiger partial charge in [-0.25, -0.2) is 0 Å². The zero-order valence-electron chi connectivity index (χ0n) is 15.3. The van der Waals surface area contributed by atoms with Crippen molar-refractivity contribution in [2.45, 2.75) is 85.5 Å². The molecule has 6 atom stereocenters. The molecule has 0 saturated heterocycles. The molecule has 0 aliphatic heterocycles. The summed E-state index contributed by atoms with van der Waals surface area (Å²) < 4.78 is 0.